The molecule has 1 aliphatic heterocycles. The highest BCUT2D eigenvalue weighted by Crippen LogP contribution is 2.30. The molecule has 0 bridgehead atoms. The second-order valence-corrected chi connectivity index (χ2v) is 6.34. The van der Waals surface area contributed by atoms with E-state index in [1.54, 1.807) is 49.4 Å². The first-order chi connectivity index (χ1) is 12.4. The number of methoxy groups -OCH3 is 1. The van der Waals surface area contributed by atoms with Crippen molar-refractivity contribution in [3.63, 3.8) is 0 Å². The molecule has 134 valence electrons. The van der Waals surface area contributed by atoms with Gasteiger partial charge in [-0.25, -0.2) is 0 Å². The van der Waals surface area contributed by atoms with Gasteiger partial charge in [0.2, 0.25) is 0 Å². The zero-order valence-corrected chi connectivity index (χ0v) is 15.6. The summed E-state index contributed by atoms with van der Waals surface area (Å²) in [7, 11) is 1.28. The Labute approximate surface area is 160 Å². The number of carbonyl (C=O) groups excluding carboxylic acids is 2. The zero-order chi connectivity index (χ0) is 18.8. The minimum absolute atomic E-state index is 0.178. The summed E-state index contributed by atoms with van der Waals surface area (Å²) in [5, 5.41) is 0.719. The lowest BCUT2D eigenvalue weighted by molar-refractivity contribution is -0.140. The number of thiocarbonyl (C=S) groups is 1. The van der Waals surface area contributed by atoms with Gasteiger partial charge in [0.1, 0.15) is 23.8 Å². The molecule has 1 fully saturated rings. The summed E-state index contributed by atoms with van der Waals surface area (Å²) in [6.45, 7) is 1.62. The van der Waals surface area contributed by atoms with Crippen LogP contribution in [0, 0.1) is 6.92 Å². The summed E-state index contributed by atoms with van der Waals surface area (Å²) in [6, 6.07) is 10.2. The Morgan fingerprint density at radius 1 is 1.27 bits per heavy atom. The number of rotatable bonds is 4. The number of carbonyl (C=O) groups is 2. The number of ether oxygens (including phenoxy) is 1. The first kappa shape index (κ1) is 18.2. The van der Waals surface area contributed by atoms with E-state index in [2.05, 4.69) is 0 Å². The lowest BCUT2D eigenvalue weighted by atomic mass is 10.2. The predicted molar refractivity (Wildman–Crippen MR) is 102 cm³/mol. The van der Waals surface area contributed by atoms with Crippen LogP contribution < -0.4 is 4.90 Å². The molecule has 1 saturated heterocycles. The van der Waals surface area contributed by atoms with Crippen LogP contribution in [-0.2, 0) is 14.3 Å². The van der Waals surface area contributed by atoms with E-state index in [1.807, 2.05) is 0 Å². The van der Waals surface area contributed by atoms with E-state index in [0.717, 1.165) is 0 Å². The fourth-order valence-corrected chi connectivity index (χ4v) is 2.99. The third kappa shape index (κ3) is 3.49. The molecule has 26 heavy (non-hydrogen) atoms. The lowest BCUT2D eigenvalue weighted by Crippen LogP contribution is -2.35. The lowest BCUT2D eigenvalue weighted by Gasteiger charge is -2.19. The van der Waals surface area contributed by atoms with Crippen molar-refractivity contribution in [3.05, 3.63) is 58.6 Å². The van der Waals surface area contributed by atoms with Crippen molar-refractivity contribution >= 4 is 52.6 Å². The molecule has 3 rings (SSSR count). The van der Waals surface area contributed by atoms with Crippen molar-refractivity contribution in [1.29, 1.82) is 0 Å². The van der Waals surface area contributed by atoms with Gasteiger partial charge in [-0.05, 0) is 55.5 Å². The molecule has 0 N–H and O–H groups in total. The predicted octanol–water partition coefficient (Wildman–Crippen LogP) is 3.39. The summed E-state index contributed by atoms with van der Waals surface area (Å²) in [4.78, 5) is 27.6. The van der Waals surface area contributed by atoms with E-state index >= 15 is 0 Å². The van der Waals surface area contributed by atoms with Crippen LogP contribution in [-0.4, -0.2) is 35.5 Å². The van der Waals surface area contributed by atoms with Crippen LogP contribution >= 0.6 is 23.8 Å². The van der Waals surface area contributed by atoms with E-state index in [4.69, 9.17) is 33.0 Å². The summed E-state index contributed by atoms with van der Waals surface area (Å²) in [5.41, 5.74) is 0.781. The summed E-state index contributed by atoms with van der Waals surface area (Å²) in [5.74, 6) is 0.315. The fourth-order valence-electron chi connectivity index (χ4n) is 2.51. The Bertz CT molecular complexity index is 904. The first-order valence-corrected chi connectivity index (χ1v) is 8.46. The van der Waals surface area contributed by atoms with Crippen LogP contribution in [0.2, 0.25) is 5.02 Å². The second-order valence-electron chi connectivity index (χ2n) is 5.54. The fraction of sp³-hybridized carbons (Fsp3) is 0.167. The first-order valence-electron chi connectivity index (χ1n) is 7.67. The summed E-state index contributed by atoms with van der Waals surface area (Å²) < 4.78 is 10.2. The molecule has 6 nitrogen and oxygen atoms in total. The number of nitrogens with zero attached hydrogens (tertiary/aromatic N) is 2. The van der Waals surface area contributed by atoms with E-state index < -0.39 is 5.97 Å². The number of benzene rings is 1. The molecule has 0 radical (unpaired) electrons. The number of anilines is 1. The van der Waals surface area contributed by atoms with Gasteiger partial charge in [0.15, 0.2) is 5.11 Å². The highest BCUT2D eigenvalue weighted by molar-refractivity contribution is 7.80. The van der Waals surface area contributed by atoms with Crippen molar-refractivity contribution in [2.24, 2.45) is 0 Å². The molecule has 0 aliphatic carbocycles. The van der Waals surface area contributed by atoms with Crippen LogP contribution in [0.4, 0.5) is 5.69 Å². The number of hydrogen-bond donors (Lipinski definition) is 0. The minimum Gasteiger partial charge on any atom is -0.468 e. The highest BCUT2D eigenvalue weighted by atomic mass is 35.5. The van der Waals surface area contributed by atoms with E-state index in [1.165, 1.54) is 16.9 Å². The molecule has 2 aromatic rings. The molecule has 0 saturated carbocycles. The van der Waals surface area contributed by atoms with Gasteiger partial charge >= 0.3 is 5.97 Å². The Morgan fingerprint density at radius 3 is 2.54 bits per heavy atom. The Kier molecular flexibility index (Phi) is 5.11. The van der Waals surface area contributed by atoms with Gasteiger partial charge in [-0.15, -0.1) is 0 Å². The summed E-state index contributed by atoms with van der Waals surface area (Å²) >= 11 is 11.4. The van der Waals surface area contributed by atoms with Crippen LogP contribution in [0.3, 0.4) is 0 Å². The molecular weight excluding hydrogens is 376 g/mol. The number of hydrogen-bond acceptors (Lipinski definition) is 5. The molecule has 8 heteroatoms. The normalized spacial score (nSPS) is 15.9. The average molecular weight is 391 g/mol. The van der Waals surface area contributed by atoms with Crippen molar-refractivity contribution in [2.75, 3.05) is 18.6 Å². The van der Waals surface area contributed by atoms with Gasteiger partial charge in [0.05, 0.1) is 12.8 Å². The van der Waals surface area contributed by atoms with Crippen LogP contribution in [0.5, 0.6) is 0 Å². The molecular formula is C18H15ClN2O4S. The number of halogens is 1. The van der Waals surface area contributed by atoms with Gasteiger partial charge in [-0.3, -0.25) is 14.5 Å². The number of esters is 1. The van der Waals surface area contributed by atoms with E-state index in [9.17, 15) is 9.59 Å². The number of amides is 1. The van der Waals surface area contributed by atoms with Crippen LogP contribution in [0.1, 0.15) is 11.5 Å². The molecule has 0 atom stereocenters. The molecule has 1 amide bonds. The van der Waals surface area contributed by atoms with E-state index in [0.29, 0.717) is 22.2 Å². The molecule has 1 aromatic carbocycles. The van der Waals surface area contributed by atoms with Crippen molar-refractivity contribution in [3.8, 4) is 0 Å². The monoisotopic (exact) mass is 390 g/mol. The molecule has 0 unspecified atom stereocenters. The molecule has 1 aliphatic rings. The van der Waals surface area contributed by atoms with Gasteiger partial charge in [0, 0.05) is 11.1 Å². The Hall–Kier alpha value is -2.64. The third-order valence-electron chi connectivity index (χ3n) is 3.78. The Balaban J connectivity index is 2.03. The van der Waals surface area contributed by atoms with Crippen LogP contribution in [0.25, 0.3) is 6.08 Å². The van der Waals surface area contributed by atoms with Crippen LogP contribution in [0.15, 0.2) is 46.5 Å². The second kappa shape index (κ2) is 7.31. The minimum atomic E-state index is -0.514. The topological polar surface area (TPSA) is 63.0 Å². The summed E-state index contributed by atoms with van der Waals surface area (Å²) in [6.07, 6.45) is 1.56. The van der Waals surface area contributed by atoms with Gasteiger partial charge < -0.3 is 14.1 Å². The third-order valence-corrected chi connectivity index (χ3v) is 4.43. The van der Waals surface area contributed by atoms with Crippen molar-refractivity contribution < 1.29 is 18.7 Å². The molecule has 2 heterocycles. The van der Waals surface area contributed by atoms with Crippen molar-refractivity contribution in [2.45, 2.75) is 6.92 Å². The van der Waals surface area contributed by atoms with Gasteiger partial charge in [-0.2, -0.15) is 0 Å². The maximum atomic E-state index is 13.0. The number of aryl methyl sites for hydroxylation is 1. The van der Waals surface area contributed by atoms with E-state index in [-0.39, 0.29) is 23.3 Å². The Morgan fingerprint density at radius 2 is 1.96 bits per heavy atom. The maximum absolute atomic E-state index is 13.0. The SMILES string of the molecule is COC(=O)CN1C(=S)N(c2ccc(Cl)cc2)C(=O)/C1=C/c1ccc(C)o1. The quantitative estimate of drug-likeness (QED) is 0.453. The molecule has 1 aromatic heterocycles. The zero-order valence-electron chi connectivity index (χ0n) is 14.1. The largest absolute Gasteiger partial charge is 0.468 e. The van der Waals surface area contributed by atoms with Crippen molar-refractivity contribution in [1.82, 2.24) is 4.90 Å². The maximum Gasteiger partial charge on any atom is 0.325 e. The standard InChI is InChI=1S/C18H15ClN2O4S/c1-11-3-8-14(25-11)9-15-17(23)21(13-6-4-12(19)5-7-13)18(26)20(15)10-16(22)24-2/h3-9H,10H2,1-2H3/b15-9-. The molecule has 0 spiro atoms. The van der Waals surface area contributed by atoms with Gasteiger partial charge in [0.25, 0.3) is 5.91 Å². The number of furan rings is 1. The van der Waals surface area contributed by atoms with Gasteiger partial charge in [-0.1, -0.05) is 11.6 Å². The highest BCUT2D eigenvalue weighted by Gasteiger charge is 2.40. The smallest absolute Gasteiger partial charge is 0.325 e. The average Bonchev–Trinajstić information content (AvgIpc) is 3.12.